The second-order valence-electron chi connectivity index (χ2n) is 5.03. The number of halogens is 1. The van der Waals surface area contributed by atoms with Gasteiger partial charge in [0.05, 0.1) is 0 Å². The molecule has 2 aromatic rings. The molecular formula is C16H20FN3. The van der Waals surface area contributed by atoms with E-state index in [1.807, 2.05) is 25.2 Å². The summed E-state index contributed by atoms with van der Waals surface area (Å²) in [5.74, 6) is -0.239. The van der Waals surface area contributed by atoms with Crippen molar-refractivity contribution in [2.45, 2.75) is 12.5 Å². The number of nitrogens with two attached hydrogens (primary N) is 1. The maximum atomic E-state index is 13.2. The molecule has 1 aromatic carbocycles. The van der Waals surface area contributed by atoms with Crippen molar-refractivity contribution in [3.63, 3.8) is 0 Å². The van der Waals surface area contributed by atoms with Crippen LogP contribution < -0.4 is 5.73 Å². The SMILES string of the molecule is CN(CCc1ccncc1)CC(N)c1cccc(F)c1. The van der Waals surface area contributed by atoms with E-state index in [1.165, 1.54) is 17.7 Å². The Labute approximate surface area is 119 Å². The van der Waals surface area contributed by atoms with E-state index in [0.29, 0.717) is 6.54 Å². The molecule has 0 aliphatic carbocycles. The number of hydrogen-bond donors (Lipinski definition) is 1. The summed E-state index contributed by atoms with van der Waals surface area (Å²) in [5.41, 5.74) is 8.21. The van der Waals surface area contributed by atoms with E-state index in [4.69, 9.17) is 5.73 Å². The molecule has 0 aliphatic rings. The molecule has 2 rings (SSSR count). The highest BCUT2D eigenvalue weighted by atomic mass is 19.1. The Morgan fingerprint density at radius 2 is 2.00 bits per heavy atom. The first-order valence-corrected chi connectivity index (χ1v) is 6.73. The maximum Gasteiger partial charge on any atom is 0.123 e. The second kappa shape index (κ2) is 7.12. The Kier molecular flexibility index (Phi) is 5.21. The number of rotatable bonds is 6. The van der Waals surface area contributed by atoms with Crippen LogP contribution in [0.25, 0.3) is 0 Å². The Bertz CT molecular complexity index is 530. The van der Waals surface area contributed by atoms with E-state index in [-0.39, 0.29) is 11.9 Å². The normalized spacial score (nSPS) is 12.6. The molecule has 1 heterocycles. The highest BCUT2D eigenvalue weighted by Crippen LogP contribution is 2.13. The third kappa shape index (κ3) is 4.40. The fourth-order valence-electron chi connectivity index (χ4n) is 2.14. The van der Waals surface area contributed by atoms with Gasteiger partial charge in [-0.25, -0.2) is 4.39 Å². The van der Waals surface area contributed by atoms with Gasteiger partial charge in [0.1, 0.15) is 5.82 Å². The molecule has 1 aromatic heterocycles. The van der Waals surface area contributed by atoms with E-state index in [2.05, 4.69) is 9.88 Å². The molecule has 0 aliphatic heterocycles. The molecule has 4 heteroatoms. The third-order valence-electron chi connectivity index (χ3n) is 3.32. The van der Waals surface area contributed by atoms with Crippen molar-refractivity contribution in [1.29, 1.82) is 0 Å². The number of hydrogen-bond acceptors (Lipinski definition) is 3. The van der Waals surface area contributed by atoms with Gasteiger partial charge in [0.25, 0.3) is 0 Å². The topological polar surface area (TPSA) is 42.2 Å². The van der Waals surface area contributed by atoms with Gasteiger partial charge in [-0.1, -0.05) is 12.1 Å². The molecule has 106 valence electrons. The first-order valence-electron chi connectivity index (χ1n) is 6.73. The molecule has 20 heavy (non-hydrogen) atoms. The van der Waals surface area contributed by atoms with Gasteiger partial charge in [0, 0.05) is 31.5 Å². The lowest BCUT2D eigenvalue weighted by Crippen LogP contribution is -2.30. The molecular weight excluding hydrogens is 253 g/mol. The first kappa shape index (κ1) is 14.6. The molecule has 3 nitrogen and oxygen atoms in total. The minimum absolute atomic E-state index is 0.173. The van der Waals surface area contributed by atoms with Crippen LogP contribution in [0.1, 0.15) is 17.2 Å². The van der Waals surface area contributed by atoms with Gasteiger partial charge in [-0.05, 0) is 48.9 Å². The zero-order valence-electron chi connectivity index (χ0n) is 11.7. The quantitative estimate of drug-likeness (QED) is 0.878. The molecule has 0 bridgehead atoms. The summed E-state index contributed by atoms with van der Waals surface area (Å²) >= 11 is 0. The molecule has 2 N–H and O–H groups in total. The minimum Gasteiger partial charge on any atom is -0.323 e. The van der Waals surface area contributed by atoms with Crippen molar-refractivity contribution >= 4 is 0 Å². The van der Waals surface area contributed by atoms with Gasteiger partial charge in [-0.15, -0.1) is 0 Å². The summed E-state index contributed by atoms with van der Waals surface area (Å²) in [6, 6.07) is 10.4. The fourth-order valence-corrected chi connectivity index (χ4v) is 2.14. The lowest BCUT2D eigenvalue weighted by Gasteiger charge is -2.21. The number of pyridine rings is 1. The monoisotopic (exact) mass is 273 g/mol. The van der Waals surface area contributed by atoms with Gasteiger partial charge < -0.3 is 10.6 Å². The van der Waals surface area contributed by atoms with Crippen LogP contribution in [0.3, 0.4) is 0 Å². The predicted octanol–water partition coefficient (Wildman–Crippen LogP) is 2.40. The standard InChI is InChI=1S/C16H20FN3/c1-20(10-7-13-5-8-19-9-6-13)12-16(18)14-3-2-4-15(17)11-14/h2-6,8-9,11,16H,7,10,12,18H2,1H3. The van der Waals surface area contributed by atoms with Crippen LogP contribution in [0.2, 0.25) is 0 Å². The number of nitrogens with zero attached hydrogens (tertiary/aromatic N) is 2. The van der Waals surface area contributed by atoms with Crippen LogP contribution in [0.5, 0.6) is 0 Å². The van der Waals surface area contributed by atoms with Gasteiger partial charge in [-0.2, -0.15) is 0 Å². The molecule has 0 fully saturated rings. The maximum absolute atomic E-state index is 13.2. The lowest BCUT2D eigenvalue weighted by atomic mass is 10.1. The van der Waals surface area contributed by atoms with Crippen molar-refractivity contribution in [3.05, 3.63) is 65.7 Å². The minimum atomic E-state index is -0.239. The Morgan fingerprint density at radius 1 is 1.25 bits per heavy atom. The zero-order valence-corrected chi connectivity index (χ0v) is 11.7. The van der Waals surface area contributed by atoms with E-state index in [9.17, 15) is 4.39 Å². The third-order valence-corrected chi connectivity index (χ3v) is 3.32. The summed E-state index contributed by atoms with van der Waals surface area (Å²) in [7, 11) is 2.03. The molecule has 0 radical (unpaired) electrons. The molecule has 0 saturated heterocycles. The lowest BCUT2D eigenvalue weighted by molar-refractivity contribution is 0.316. The zero-order chi connectivity index (χ0) is 14.4. The summed E-state index contributed by atoms with van der Waals surface area (Å²) < 4.78 is 13.2. The van der Waals surface area contributed by atoms with Gasteiger partial charge in [-0.3, -0.25) is 4.98 Å². The van der Waals surface area contributed by atoms with Gasteiger partial charge in [0.2, 0.25) is 0 Å². The Morgan fingerprint density at radius 3 is 2.70 bits per heavy atom. The van der Waals surface area contributed by atoms with Crippen molar-refractivity contribution in [1.82, 2.24) is 9.88 Å². The fraction of sp³-hybridized carbons (Fsp3) is 0.312. The summed E-state index contributed by atoms with van der Waals surface area (Å²) in [4.78, 5) is 6.16. The number of benzene rings is 1. The van der Waals surface area contributed by atoms with Gasteiger partial charge in [0.15, 0.2) is 0 Å². The van der Waals surface area contributed by atoms with Crippen LogP contribution in [0.15, 0.2) is 48.8 Å². The Hall–Kier alpha value is -1.78. The molecule has 0 saturated carbocycles. The Balaban J connectivity index is 1.83. The predicted molar refractivity (Wildman–Crippen MR) is 78.8 cm³/mol. The largest absolute Gasteiger partial charge is 0.323 e. The van der Waals surface area contributed by atoms with Gasteiger partial charge >= 0.3 is 0 Å². The smallest absolute Gasteiger partial charge is 0.123 e. The van der Waals surface area contributed by atoms with Crippen LogP contribution >= 0.6 is 0 Å². The average molecular weight is 273 g/mol. The number of aromatic nitrogens is 1. The first-order chi connectivity index (χ1) is 9.65. The van der Waals surface area contributed by atoms with Crippen molar-refractivity contribution in [3.8, 4) is 0 Å². The van der Waals surface area contributed by atoms with Crippen molar-refractivity contribution < 1.29 is 4.39 Å². The second-order valence-corrected chi connectivity index (χ2v) is 5.03. The van der Waals surface area contributed by atoms with Crippen LogP contribution in [-0.4, -0.2) is 30.0 Å². The van der Waals surface area contributed by atoms with E-state index < -0.39 is 0 Å². The van der Waals surface area contributed by atoms with Crippen LogP contribution in [-0.2, 0) is 6.42 Å². The molecule has 1 atom stereocenters. The van der Waals surface area contributed by atoms with Crippen LogP contribution in [0.4, 0.5) is 4.39 Å². The average Bonchev–Trinajstić information content (AvgIpc) is 2.46. The van der Waals surface area contributed by atoms with E-state index in [1.54, 1.807) is 18.5 Å². The summed E-state index contributed by atoms with van der Waals surface area (Å²) in [6.45, 7) is 1.61. The van der Waals surface area contributed by atoms with Crippen LogP contribution in [0, 0.1) is 5.82 Å². The highest BCUT2D eigenvalue weighted by molar-refractivity contribution is 5.20. The van der Waals surface area contributed by atoms with E-state index >= 15 is 0 Å². The summed E-state index contributed by atoms with van der Waals surface area (Å²) in [6.07, 6.45) is 4.55. The number of likely N-dealkylation sites (N-methyl/N-ethyl adjacent to an activating group) is 1. The van der Waals surface area contributed by atoms with Crippen molar-refractivity contribution in [2.24, 2.45) is 5.73 Å². The van der Waals surface area contributed by atoms with Crippen molar-refractivity contribution in [2.75, 3.05) is 20.1 Å². The van der Waals surface area contributed by atoms with E-state index in [0.717, 1.165) is 18.5 Å². The molecule has 0 spiro atoms. The summed E-state index contributed by atoms with van der Waals surface area (Å²) in [5, 5.41) is 0. The molecule has 1 unspecified atom stereocenters. The molecule has 0 amide bonds. The highest BCUT2D eigenvalue weighted by Gasteiger charge is 2.10.